The van der Waals surface area contributed by atoms with Gasteiger partial charge in [0.05, 0.1) is 6.20 Å². The maximum Gasteiger partial charge on any atom is 0.257 e. The van der Waals surface area contributed by atoms with Crippen molar-refractivity contribution in [3.63, 3.8) is 0 Å². The van der Waals surface area contributed by atoms with Gasteiger partial charge in [-0.25, -0.2) is 17.5 Å². The van der Waals surface area contributed by atoms with Crippen molar-refractivity contribution in [2.75, 3.05) is 0 Å². The molecule has 6 nitrogen and oxygen atoms in total. The second-order valence-corrected chi connectivity index (χ2v) is 5.61. The normalized spacial score (nSPS) is 11.7. The molecule has 2 aromatic rings. The Morgan fingerprint density at radius 3 is 2.74 bits per heavy atom. The van der Waals surface area contributed by atoms with Crippen LogP contribution < -0.4 is 10.5 Å². The molecule has 102 valence electrons. The number of hydrogen-bond donors (Lipinski definition) is 3. The highest BCUT2D eigenvalue weighted by atomic mass is 32.2. The number of hydrogen-bond acceptors (Lipinski definition) is 4. The molecule has 0 aliphatic carbocycles. The van der Waals surface area contributed by atoms with Crippen molar-refractivity contribution in [2.24, 2.45) is 5.73 Å². The fourth-order valence-electron chi connectivity index (χ4n) is 1.50. The number of aromatic amines is 1. The van der Waals surface area contributed by atoms with Gasteiger partial charge in [-0.1, -0.05) is 12.1 Å². The van der Waals surface area contributed by atoms with Crippen molar-refractivity contribution in [3.8, 4) is 0 Å². The van der Waals surface area contributed by atoms with Gasteiger partial charge in [0.25, 0.3) is 10.0 Å². The summed E-state index contributed by atoms with van der Waals surface area (Å²) in [5.74, 6) is -0.490. The van der Waals surface area contributed by atoms with Gasteiger partial charge in [0.2, 0.25) is 0 Å². The molecule has 4 N–H and O–H groups in total. The Morgan fingerprint density at radius 2 is 2.16 bits per heavy atom. The first-order chi connectivity index (χ1) is 9.03. The van der Waals surface area contributed by atoms with Crippen LogP contribution in [0, 0.1) is 5.82 Å². The van der Waals surface area contributed by atoms with E-state index in [0.717, 1.165) is 0 Å². The third-order valence-electron chi connectivity index (χ3n) is 2.57. The summed E-state index contributed by atoms with van der Waals surface area (Å²) in [5.41, 5.74) is 6.29. The molecule has 0 atom stereocenters. The summed E-state index contributed by atoms with van der Waals surface area (Å²) in [6, 6.07) is 5.77. The zero-order valence-electron chi connectivity index (χ0n) is 9.93. The van der Waals surface area contributed by atoms with E-state index in [1.807, 2.05) is 0 Å². The van der Waals surface area contributed by atoms with Gasteiger partial charge in [0, 0.05) is 18.7 Å². The zero-order valence-corrected chi connectivity index (χ0v) is 10.7. The number of sulfonamides is 1. The molecule has 1 aromatic heterocycles. The largest absolute Gasteiger partial charge is 0.326 e. The molecule has 19 heavy (non-hydrogen) atoms. The fraction of sp³-hybridized carbons (Fsp3) is 0.182. The minimum Gasteiger partial charge on any atom is -0.326 e. The summed E-state index contributed by atoms with van der Waals surface area (Å²) in [5, 5.41) is 5.82. The number of benzene rings is 1. The first-order valence-corrected chi connectivity index (χ1v) is 6.97. The molecular formula is C11H13FN4O2S. The number of nitrogens with two attached hydrogens (primary N) is 1. The Labute approximate surface area is 109 Å². The van der Waals surface area contributed by atoms with Crippen molar-refractivity contribution in [2.45, 2.75) is 18.1 Å². The van der Waals surface area contributed by atoms with Crippen LogP contribution in [0.1, 0.15) is 11.1 Å². The monoisotopic (exact) mass is 284 g/mol. The number of nitrogens with zero attached hydrogens (tertiary/aromatic N) is 1. The Hall–Kier alpha value is -1.77. The topological polar surface area (TPSA) is 101 Å². The van der Waals surface area contributed by atoms with E-state index in [9.17, 15) is 12.8 Å². The van der Waals surface area contributed by atoms with E-state index < -0.39 is 15.8 Å². The van der Waals surface area contributed by atoms with E-state index >= 15 is 0 Å². The predicted octanol–water partition coefficient (Wildman–Crippen LogP) is 0.486. The molecule has 8 heteroatoms. The van der Waals surface area contributed by atoms with Crippen LogP contribution >= 0.6 is 0 Å². The van der Waals surface area contributed by atoms with Crippen molar-refractivity contribution >= 4 is 10.0 Å². The lowest BCUT2D eigenvalue weighted by atomic mass is 10.1. The lowest BCUT2D eigenvalue weighted by molar-refractivity contribution is 0.570. The molecule has 0 spiro atoms. The molecule has 1 heterocycles. The van der Waals surface area contributed by atoms with E-state index in [-0.39, 0.29) is 23.7 Å². The maximum atomic E-state index is 13.6. The highest BCUT2D eigenvalue weighted by molar-refractivity contribution is 7.89. The molecule has 2 rings (SSSR count). The van der Waals surface area contributed by atoms with Gasteiger partial charge in [0.15, 0.2) is 5.03 Å². The van der Waals surface area contributed by atoms with Gasteiger partial charge in [-0.15, -0.1) is 0 Å². The minimum atomic E-state index is -3.71. The summed E-state index contributed by atoms with van der Waals surface area (Å²) in [6.45, 7) is 0.0924. The number of rotatable bonds is 5. The molecule has 0 saturated heterocycles. The molecule has 0 unspecified atom stereocenters. The Balaban J connectivity index is 2.11. The quantitative estimate of drug-likeness (QED) is 0.743. The number of halogens is 1. The van der Waals surface area contributed by atoms with Crippen LogP contribution in [0.3, 0.4) is 0 Å². The van der Waals surface area contributed by atoms with Crippen molar-refractivity contribution in [1.29, 1.82) is 0 Å². The van der Waals surface area contributed by atoms with E-state index in [4.69, 9.17) is 5.73 Å². The first-order valence-electron chi connectivity index (χ1n) is 5.49. The van der Waals surface area contributed by atoms with E-state index in [0.29, 0.717) is 5.56 Å². The van der Waals surface area contributed by atoms with Crippen LogP contribution in [0.25, 0.3) is 0 Å². The number of H-pyrrole nitrogens is 1. The third kappa shape index (κ3) is 3.16. The van der Waals surface area contributed by atoms with Crippen molar-refractivity contribution in [3.05, 3.63) is 47.4 Å². The van der Waals surface area contributed by atoms with Gasteiger partial charge in [-0.2, -0.15) is 5.10 Å². The van der Waals surface area contributed by atoms with E-state index in [1.54, 1.807) is 6.07 Å². The summed E-state index contributed by atoms with van der Waals surface area (Å²) < 4.78 is 39.5. The minimum absolute atomic E-state index is 0.0634. The second kappa shape index (κ2) is 5.47. The van der Waals surface area contributed by atoms with Crippen LogP contribution in [0.15, 0.2) is 35.5 Å². The molecule has 0 saturated carbocycles. The number of nitrogens with one attached hydrogen (secondary N) is 2. The standard InChI is InChI=1S/C11H13FN4O2S/c12-10-5-8(6-13)1-2-9(10)7-15-19(17,18)11-3-4-14-16-11/h1-5,15H,6-7,13H2,(H,14,16). The number of aromatic nitrogens is 2. The third-order valence-corrected chi connectivity index (χ3v) is 3.90. The second-order valence-electron chi connectivity index (χ2n) is 3.88. The van der Waals surface area contributed by atoms with E-state index in [2.05, 4.69) is 14.9 Å². The average Bonchev–Trinajstić information content (AvgIpc) is 2.92. The SMILES string of the molecule is NCc1ccc(CNS(=O)(=O)c2ccn[nH]2)c(F)c1. The Bertz CT molecular complexity index is 655. The van der Waals surface area contributed by atoms with Gasteiger partial charge in [-0.3, -0.25) is 5.10 Å². The van der Waals surface area contributed by atoms with Crippen molar-refractivity contribution < 1.29 is 12.8 Å². The molecule has 1 aromatic carbocycles. The maximum absolute atomic E-state index is 13.6. The van der Waals surface area contributed by atoms with Crippen molar-refractivity contribution in [1.82, 2.24) is 14.9 Å². The molecule has 0 amide bonds. The predicted molar refractivity (Wildman–Crippen MR) is 66.9 cm³/mol. The summed E-state index contributed by atoms with van der Waals surface area (Å²) in [7, 11) is -3.71. The molecule has 0 bridgehead atoms. The van der Waals surface area contributed by atoms with Gasteiger partial charge < -0.3 is 5.73 Å². The Kier molecular flexibility index (Phi) is 3.93. The summed E-state index contributed by atoms with van der Waals surface area (Å²) >= 11 is 0. The van der Waals surface area contributed by atoms with E-state index in [1.165, 1.54) is 24.4 Å². The lowest BCUT2D eigenvalue weighted by Gasteiger charge is -2.07. The fourth-order valence-corrected chi connectivity index (χ4v) is 2.42. The highest BCUT2D eigenvalue weighted by Gasteiger charge is 2.15. The summed E-state index contributed by atoms with van der Waals surface area (Å²) in [4.78, 5) is 0. The zero-order chi connectivity index (χ0) is 13.9. The van der Waals surface area contributed by atoms with Crippen LogP contribution in [0.5, 0.6) is 0 Å². The molecule has 0 radical (unpaired) electrons. The smallest absolute Gasteiger partial charge is 0.257 e. The molecular weight excluding hydrogens is 271 g/mol. The first kappa shape index (κ1) is 13.7. The van der Waals surface area contributed by atoms with Crippen LogP contribution in [-0.4, -0.2) is 18.6 Å². The Morgan fingerprint density at radius 1 is 1.37 bits per heavy atom. The molecule has 0 fully saturated rings. The van der Waals surface area contributed by atoms with Crippen LogP contribution in [-0.2, 0) is 23.1 Å². The van der Waals surface area contributed by atoms with Gasteiger partial charge >= 0.3 is 0 Å². The van der Waals surface area contributed by atoms with Gasteiger partial charge in [0.1, 0.15) is 5.82 Å². The highest BCUT2D eigenvalue weighted by Crippen LogP contribution is 2.11. The average molecular weight is 284 g/mol. The van der Waals surface area contributed by atoms with Crippen LogP contribution in [0.4, 0.5) is 4.39 Å². The molecule has 0 aliphatic heterocycles. The van der Waals surface area contributed by atoms with Crippen LogP contribution in [0.2, 0.25) is 0 Å². The summed E-state index contributed by atoms with van der Waals surface area (Å²) in [6.07, 6.45) is 1.32. The van der Waals surface area contributed by atoms with Gasteiger partial charge in [-0.05, 0) is 17.7 Å². The molecule has 0 aliphatic rings. The lowest BCUT2D eigenvalue weighted by Crippen LogP contribution is -2.24.